The molecule has 3 N–H and O–H groups in total. The summed E-state index contributed by atoms with van der Waals surface area (Å²) in [5.41, 5.74) is 1.92. The Morgan fingerprint density at radius 1 is 1.21 bits per heavy atom. The van der Waals surface area contributed by atoms with Crippen molar-refractivity contribution in [3.63, 3.8) is 0 Å². The number of benzene rings is 2. The van der Waals surface area contributed by atoms with Gasteiger partial charge in [0.25, 0.3) is 0 Å². The molecule has 1 unspecified atom stereocenters. The van der Waals surface area contributed by atoms with Gasteiger partial charge in [-0.3, -0.25) is 0 Å². The van der Waals surface area contributed by atoms with Crippen LogP contribution in [-0.2, 0) is 6.42 Å². The summed E-state index contributed by atoms with van der Waals surface area (Å²) in [4.78, 5) is 12.2. The highest BCUT2D eigenvalue weighted by Crippen LogP contribution is 2.31. The Hall–Kier alpha value is -2.47. The topological polar surface area (TPSA) is 61.4 Å². The minimum absolute atomic E-state index is 0.0671. The van der Waals surface area contributed by atoms with Crippen LogP contribution in [0.15, 0.2) is 42.5 Å². The number of hydrogen-bond acceptors (Lipinski definition) is 2. The molecule has 6 heteroatoms. The standard InChI is InChI=1S/C18H18F2N2O2/c1-10(12-7-4-8-14(19)16(12)20)21-18(24)22-17-13-6-3-2-5-11(13)9-15(17)23/h2-8,10,15,17,23H,9H2,1H3,(H2,21,22,24)/t10?,15-,17+/m0/s1. The fourth-order valence-corrected chi connectivity index (χ4v) is 3.06. The molecule has 0 bridgehead atoms. The van der Waals surface area contributed by atoms with Crippen LogP contribution >= 0.6 is 0 Å². The molecular weight excluding hydrogens is 314 g/mol. The van der Waals surface area contributed by atoms with Gasteiger partial charge in [0.15, 0.2) is 11.6 Å². The van der Waals surface area contributed by atoms with Gasteiger partial charge in [-0.05, 0) is 24.1 Å². The van der Waals surface area contributed by atoms with Crippen LogP contribution in [0.25, 0.3) is 0 Å². The van der Waals surface area contributed by atoms with Crippen molar-refractivity contribution in [1.82, 2.24) is 10.6 Å². The molecule has 126 valence electrons. The monoisotopic (exact) mass is 332 g/mol. The quantitative estimate of drug-likeness (QED) is 0.809. The van der Waals surface area contributed by atoms with Gasteiger partial charge in [-0.15, -0.1) is 0 Å². The SMILES string of the molecule is CC(NC(=O)N[C@@H]1c2ccccc2C[C@@H]1O)c1cccc(F)c1F. The lowest BCUT2D eigenvalue weighted by Gasteiger charge is -2.21. The Bertz CT molecular complexity index is 766. The van der Waals surface area contributed by atoms with Crippen LogP contribution in [0.4, 0.5) is 13.6 Å². The number of aliphatic hydroxyl groups is 1. The summed E-state index contributed by atoms with van der Waals surface area (Å²) in [5, 5.41) is 15.4. The molecule has 0 saturated heterocycles. The van der Waals surface area contributed by atoms with Gasteiger partial charge in [-0.1, -0.05) is 36.4 Å². The molecule has 2 amide bonds. The number of hydrogen-bond donors (Lipinski definition) is 3. The minimum atomic E-state index is -0.975. The average molecular weight is 332 g/mol. The van der Waals surface area contributed by atoms with Gasteiger partial charge in [0.05, 0.1) is 18.2 Å². The van der Waals surface area contributed by atoms with E-state index in [0.717, 1.165) is 17.2 Å². The Morgan fingerprint density at radius 3 is 2.75 bits per heavy atom. The van der Waals surface area contributed by atoms with Crippen LogP contribution in [0.5, 0.6) is 0 Å². The Kier molecular flexibility index (Phi) is 4.49. The van der Waals surface area contributed by atoms with Gasteiger partial charge in [0.2, 0.25) is 0 Å². The van der Waals surface area contributed by atoms with E-state index in [1.807, 2.05) is 24.3 Å². The van der Waals surface area contributed by atoms with Crippen molar-refractivity contribution in [3.05, 3.63) is 70.8 Å². The van der Waals surface area contributed by atoms with Crippen LogP contribution in [0, 0.1) is 11.6 Å². The van der Waals surface area contributed by atoms with Crippen LogP contribution < -0.4 is 10.6 Å². The number of carbonyl (C=O) groups is 1. The summed E-state index contributed by atoms with van der Waals surface area (Å²) < 4.78 is 27.1. The maximum atomic E-state index is 13.8. The summed E-state index contributed by atoms with van der Waals surface area (Å²) >= 11 is 0. The highest BCUT2D eigenvalue weighted by Gasteiger charge is 2.32. The third-order valence-corrected chi connectivity index (χ3v) is 4.29. The molecule has 0 heterocycles. The van der Waals surface area contributed by atoms with E-state index in [1.165, 1.54) is 12.1 Å². The summed E-state index contributed by atoms with van der Waals surface area (Å²) in [5.74, 6) is -1.93. The van der Waals surface area contributed by atoms with Gasteiger partial charge < -0.3 is 15.7 Å². The van der Waals surface area contributed by atoms with Crippen molar-refractivity contribution in [2.75, 3.05) is 0 Å². The fraction of sp³-hybridized carbons (Fsp3) is 0.278. The van der Waals surface area contributed by atoms with E-state index in [-0.39, 0.29) is 5.56 Å². The van der Waals surface area contributed by atoms with E-state index < -0.39 is 35.9 Å². The number of amides is 2. The molecule has 2 aromatic rings. The molecule has 0 saturated carbocycles. The van der Waals surface area contributed by atoms with E-state index in [2.05, 4.69) is 10.6 Å². The number of halogens is 2. The lowest BCUT2D eigenvalue weighted by molar-refractivity contribution is 0.142. The molecule has 1 aliphatic carbocycles. The zero-order valence-electron chi connectivity index (χ0n) is 13.1. The molecule has 0 radical (unpaired) electrons. The van der Waals surface area contributed by atoms with Crippen LogP contribution in [0.3, 0.4) is 0 Å². The van der Waals surface area contributed by atoms with Crippen molar-refractivity contribution < 1.29 is 18.7 Å². The zero-order chi connectivity index (χ0) is 17.3. The highest BCUT2D eigenvalue weighted by molar-refractivity contribution is 5.75. The third kappa shape index (κ3) is 3.10. The smallest absolute Gasteiger partial charge is 0.315 e. The number of fused-ring (bicyclic) bond motifs is 1. The lowest BCUT2D eigenvalue weighted by Crippen LogP contribution is -2.42. The van der Waals surface area contributed by atoms with E-state index in [9.17, 15) is 18.7 Å². The summed E-state index contributed by atoms with van der Waals surface area (Å²) in [7, 11) is 0. The average Bonchev–Trinajstić information content (AvgIpc) is 2.86. The van der Waals surface area contributed by atoms with Gasteiger partial charge in [0, 0.05) is 12.0 Å². The first-order valence-corrected chi connectivity index (χ1v) is 7.74. The molecular formula is C18H18F2N2O2. The minimum Gasteiger partial charge on any atom is -0.390 e. The largest absolute Gasteiger partial charge is 0.390 e. The molecule has 24 heavy (non-hydrogen) atoms. The molecule has 3 atom stereocenters. The molecule has 0 fully saturated rings. The Balaban J connectivity index is 1.69. The first-order chi connectivity index (χ1) is 11.5. The highest BCUT2D eigenvalue weighted by atomic mass is 19.2. The predicted octanol–water partition coefficient (Wildman–Crippen LogP) is 2.98. The van der Waals surface area contributed by atoms with Gasteiger partial charge >= 0.3 is 6.03 Å². The summed E-state index contributed by atoms with van der Waals surface area (Å²) in [6, 6.07) is 9.53. The Labute approximate surface area is 138 Å². The van der Waals surface area contributed by atoms with Crippen molar-refractivity contribution in [3.8, 4) is 0 Å². The molecule has 0 spiro atoms. The van der Waals surface area contributed by atoms with Crippen LogP contribution in [0.2, 0.25) is 0 Å². The second-order valence-corrected chi connectivity index (χ2v) is 5.93. The van der Waals surface area contributed by atoms with Gasteiger partial charge in [0.1, 0.15) is 0 Å². The van der Waals surface area contributed by atoms with Crippen molar-refractivity contribution >= 4 is 6.03 Å². The Morgan fingerprint density at radius 2 is 1.96 bits per heavy atom. The number of nitrogens with one attached hydrogen (secondary N) is 2. The maximum absolute atomic E-state index is 13.8. The van der Waals surface area contributed by atoms with Crippen molar-refractivity contribution in [2.45, 2.75) is 31.5 Å². The van der Waals surface area contributed by atoms with E-state index >= 15 is 0 Å². The summed E-state index contributed by atoms with van der Waals surface area (Å²) in [6.45, 7) is 1.57. The first kappa shape index (κ1) is 16.4. The number of rotatable bonds is 3. The first-order valence-electron chi connectivity index (χ1n) is 7.74. The number of aliphatic hydroxyl groups excluding tert-OH is 1. The third-order valence-electron chi connectivity index (χ3n) is 4.29. The molecule has 0 aliphatic heterocycles. The van der Waals surface area contributed by atoms with Crippen molar-refractivity contribution in [2.24, 2.45) is 0 Å². The zero-order valence-corrected chi connectivity index (χ0v) is 13.1. The lowest BCUT2D eigenvalue weighted by atomic mass is 10.1. The number of urea groups is 1. The van der Waals surface area contributed by atoms with Gasteiger partial charge in [-0.2, -0.15) is 0 Å². The molecule has 0 aromatic heterocycles. The normalized spacial score (nSPS) is 20.3. The molecule has 2 aromatic carbocycles. The number of carbonyl (C=O) groups excluding carboxylic acids is 1. The molecule has 3 rings (SSSR count). The second kappa shape index (κ2) is 6.57. The van der Waals surface area contributed by atoms with E-state index in [1.54, 1.807) is 6.92 Å². The molecule has 1 aliphatic rings. The molecule has 4 nitrogen and oxygen atoms in total. The van der Waals surface area contributed by atoms with Crippen molar-refractivity contribution in [1.29, 1.82) is 0 Å². The van der Waals surface area contributed by atoms with Gasteiger partial charge in [-0.25, -0.2) is 13.6 Å². The van der Waals surface area contributed by atoms with Crippen LogP contribution in [0.1, 0.15) is 35.7 Å². The van der Waals surface area contributed by atoms with E-state index in [0.29, 0.717) is 6.42 Å². The van der Waals surface area contributed by atoms with Crippen LogP contribution in [-0.4, -0.2) is 17.2 Å². The van der Waals surface area contributed by atoms with E-state index in [4.69, 9.17) is 0 Å². The maximum Gasteiger partial charge on any atom is 0.315 e. The fourth-order valence-electron chi connectivity index (χ4n) is 3.06. The predicted molar refractivity (Wildman–Crippen MR) is 85.3 cm³/mol. The second-order valence-electron chi connectivity index (χ2n) is 5.93. The summed E-state index contributed by atoms with van der Waals surface area (Å²) in [6.07, 6.45) is -0.246.